The third kappa shape index (κ3) is 4.21. The highest BCUT2D eigenvalue weighted by molar-refractivity contribution is 6.00. The van der Waals surface area contributed by atoms with Crippen molar-refractivity contribution in [2.24, 2.45) is 0 Å². The highest BCUT2D eigenvalue weighted by Crippen LogP contribution is 2.34. The molecule has 0 unspecified atom stereocenters. The van der Waals surface area contributed by atoms with Crippen molar-refractivity contribution in [2.45, 2.75) is 52.5 Å². The second kappa shape index (κ2) is 8.11. The number of nitrogens with one attached hydrogen (secondary N) is 1. The number of fused-ring (bicyclic) bond motifs is 1. The maximum Gasteiger partial charge on any atom is 0.230 e. The number of rotatable bonds is 5. The predicted molar refractivity (Wildman–Crippen MR) is 125 cm³/mol. The van der Waals surface area contributed by atoms with Gasteiger partial charge in [0.1, 0.15) is 23.6 Å². The monoisotopic (exact) mass is 433 g/mol. The summed E-state index contributed by atoms with van der Waals surface area (Å²) in [6.45, 7) is 9.62. The second-order valence-corrected chi connectivity index (χ2v) is 9.07. The average molecular weight is 434 g/mol. The van der Waals surface area contributed by atoms with Gasteiger partial charge in [-0.25, -0.2) is 9.97 Å². The van der Waals surface area contributed by atoms with Crippen molar-refractivity contribution >= 4 is 28.6 Å². The lowest BCUT2D eigenvalue weighted by Gasteiger charge is -2.12. The molecule has 0 bridgehead atoms. The summed E-state index contributed by atoms with van der Waals surface area (Å²) in [6, 6.07) is 8.48. The van der Waals surface area contributed by atoms with Gasteiger partial charge < -0.3 is 20.1 Å². The van der Waals surface area contributed by atoms with Crippen LogP contribution in [0.3, 0.4) is 0 Å². The lowest BCUT2D eigenvalue weighted by Crippen LogP contribution is -2.14. The van der Waals surface area contributed by atoms with Crippen LogP contribution in [0.1, 0.15) is 53.3 Å². The van der Waals surface area contributed by atoms with E-state index in [4.69, 9.17) is 11.6 Å². The fourth-order valence-electron chi connectivity index (χ4n) is 3.51. The van der Waals surface area contributed by atoms with Crippen molar-refractivity contribution < 1.29 is 10.7 Å². The van der Waals surface area contributed by atoms with Crippen molar-refractivity contribution in [1.82, 2.24) is 19.7 Å². The van der Waals surface area contributed by atoms with Gasteiger partial charge in [-0.3, -0.25) is 4.79 Å². The van der Waals surface area contributed by atoms with Gasteiger partial charge in [0.25, 0.3) is 0 Å². The van der Waals surface area contributed by atoms with E-state index in [0.717, 1.165) is 16.7 Å². The molecular formula is C24H28N6O2. The minimum atomic E-state index is -0.913. The molecule has 3 heterocycles. The first kappa shape index (κ1) is 20.2. The number of carbonyl (C=O) groups is 1. The van der Waals surface area contributed by atoms with Gasteiger partial charge in [0.2, 0.25) is 5.91 Å². The number of hydrogen-bond acceptors (Lipinski definition) is 6. The van der Waals surface area contributed by atoms with Gasteiger partial charge >= 0.3 is 0 Å². The van der Waals surface area contributed by atoms with E-state index in [2.05, 4.69) is 20.4 Å². The minimum Gasteiger partial charge on any atom is -0.383 e. The summed E-state index contributed by atoms with van der Waals surface area (Å²) in [7, 11) is 0. The van der Waals surface area contributed by atoms with Gasteiger partial charge in [0.05, 0.1) is 13.2 Å². The number of benzene rings is 1. The Balaban J connectivity index is 1.55. The fraction of sp³-hybridized carbons (Fsp3) is 0.333. The van der Waals surface area contributed by atoms with Crippen molar-refractivity contribution in [2.75, 3.05) is 11.1 Å². The maximum atomic E-state index is 12.5. The summed E-state index contributed by atoms with van der Waals surface area (Å²) in [6.07, 6.45) is 3.48. The first-order valence-electron chi connectivity index (χ1n) is 10.9. The number of nitrogens with two attached hydrogens (primary N) is 1. The topological polar surface area (TPSA) is 112 Å². The number of anilines is 2. The Hall–Kier alpha value is -3.68. The highest BCUT2D eigenvalue weighted by atomic mass is 16.5. The first-order valence-corrected chi connectivity index (χ1v) is 10.4. The van der Waals surface area contributed by atoms with Crippen molar-refractivity contribution in [3.05, 3.63) is 54.2 Å². The zero-order valence-electron chi connectivity index (χ0n) is 19.9. The van der Waals surface area contributed by atoms with Crippen LogP contribution in [0.5, 0.6) is 0 Å². The van der Waals surface area contributed by atoms with E-state index >= 15 is 0 Å². The lowest BCUT2D eigenvalue weighted by atomic mass is 9.93. The third-order valence-electron chi connectivity index (χ3n) is 5.24. The summed E-state index contributed by atoms with van der Waals surface area (Å²) in [4.78, 5) is 21.0. The molecule has 32 heavy (non-hydrogen) atoms. The molecule has 0 aliphatic rings. The number of carbonyl (C=O) groups excluding carboxylic acids is 1. The standard InChI is InChI=1S/C24H28N6O2/c1-14(2)30-12-17(21-22(25)26-13-27-23(21)30)16-8-6-15(7-9-16)10-20(31)28-19-11-18(32-29-19)24(3,4)5/h6-9,11-14H,10H2,1-5H3,(H2,25,26,27)(H,28,29,31)/i14D. The fourth-order valence-corrected chi connectivity index (χ4v) is 3.51. The average Bonchev–Trinajstić information content (AvgIpc) is 3.34. The van der Waals surface area contributed by atoms with Crippen LogP contribution in [0, 0.1) is 0 Å². The largest absolute Gasteiger partial charge is 0.383 e. The summed E-state index contributed by atoms with van der Waals surface area (Å²) >= 11 is 0. The molecule has 1 amide bonds. The Labute approximate surface area is 188 Å². The molecule has 8 heteroatoms. The molecule has 0 aliphatic carbocycles. The molecule has 0 radical (unpaired) electrons. The quantitative estimate of drug-likeness (QED) is 0.471. The van der Waals surface area contributed by atoms with E-state index in [9.17, 15) is 4.79 Å². The molecule has 8 nitrogen and oxygen atoms in total. The molecule has 4 rings (SSSR count). The van der Waals surface area contributed by atoms with Gasteiger partial charge in [-0.05, 0) is 25.0 Å². The molecule has 166 valence electrons. The molecule has 0 atom stereocenters. The Morgan fingerprint density at radius 1 is 1.25 bits per heavy atom. The summed E-state index contributed by atoms with van der Waals surface area (Å²) < 4.78 is 15.5. The van der Waals surface area contributed by atoms with E-state index in [1.165, 1.54) is 6.33 Å². The highest BCUT2D eigenvalue weighted by Gasteiger charge is 2.20. The Kier molecular flexibility index (Phi) is 5.13. The molecule has 0 aliphatic heterocycles. The number of aromatic nitrogens is 4. The lowest BCUT2D eigenvalue weighted by molar-refractivity contribution is -0.115. The van der Waals surface area contributed by atoms with Crippen molar-refractivity contribution in [1.29, 1.82) is 0 Å². The van der Waals surface area contributed by atoms with Gasteiger partial charge in [-0.2, -0.15) is 0 Å². The van der Waals surface area contributed by atoms with Gasteiger partial charge in [0, 0.05) is 29.3 Å². The Morgan fingerprint density at radius 2 is 1.97 bits per heavy atom. The zero-order chi connectivity index (χ0) is 24.0. The van der Waals surface area contributed by atoms with E-state index in [1.54, 1.807) is 24.5 Å². The number of nitrogen functional groups attached to an aromatic ring is 1. The normalized spacial score (nSPS) is 12.7. The summed E-state index contributed by atoms with van der Waals surface area (Å²) in [5.41, 5.74) is 9.19. The molecule has 0 saturated carbocycles. The molecular weight excluding hydrogens is 404 g/mol. The molecule has 3 N–H and O–H groups in total. The summed E-state index contributed by atoms with van der Waals surface area (Å²) in [5, 5.41) is 7.42. The number of hydrogen-bond donors (Lipinski definition) is 2. The number of amides is 1. The molecule has 0 fully saturated rings. The van der Waals surface area contributed by atoms with E-state index in [1.807, 2.05) is 51.2 Å². The SMILES string of the molecule is [2H]C(C)(C)n1cc(-c2ccc(CC(=O)Nc3cc(C(C)(C)C)on3)cc2)c2c(N)ncnc21. The van der Waals surface area contributed by atoms with Crippen LogP contribution < -0.4 is 11.1 Å². The molecule has 4 aromatic rings. The minimum absolute atomic E-state index is 0.179. The van der Waals surface area contributed by atoms with Crippen molar-refractivity contribution in [3.8, 4) is 11.1 Å². The van der Waals surface area contributed by atoms with Crippen LogP contribution in [0.4, 0.5) is 11.6 Å². The van der Waals surface area contributed by atoms with Crippen LogP contribution in [0.15, 0.2) is 47.4 Å². The van der Waals surface area contributed by atoms with Crippen LogP contribution in [-0.2, 0) is 16.6 Å². The molecule has 0 spiro atoms. The maximum absolute atomic E-state index is 12.5. The van der Waals surface area contributed by atoms with Crippen LogP contribution in [0.25, 0.3) is 22.2 Å². The van der Waals surface area contributed by atoms with Crippen LogP contribution in [-0.4, -0.2) is 25.6 Å². The predicted octanol–water partition coefficient (Wildman–Crippen LogP) is 4.73. The van der Waals surface area contributed by atoms with Gasteiger partial charge in [-0.1, -0.05) is 50.2 Å². The zero-order valence-corrected chi connectivity index (χ0v) is 18.9. The summed E-state index contributed by atoms with van der Waals surface area (Å²) in [5.74, 6) is 1.30. The van der Waals surface area contributed by atoms with Gasteiger partial charge in [-0.15, -0.1) is 0 Å². The Morgan fingerprint density at radius 3 is 2.59 bits per heavy atom. The molecule has 1 aromatic carbocycles. The third-order valence-corrected chi connectivity index (χ3v) is 5.24. The smallest absolute Gasteiger partial charge is 0.230 e. The van der Waals surface area contributed by atoms with Crippen molar-refractivity contribution in [3.63, 3.8) is 0 Å². The van der Waals surface area contributed by atoms with E-state index in [0.29, 0.717) is 28.4 Å². The van der Waals surface area contributed by atoms with Crippen LogP contribution in [0.2, 0.25) is 0 Å². The number of nitrogens with zero attached hydrogens (tertiary/aromatic N) is 4. The second-order valence-electron chi connectivity index (χ2n) is 9.07. The Bertz CT molecular complexity index is 1310. The van der Waals surface area contributed by atoms with Gasteiger partial charge in [0.15, 0.2) is 5.82 Å². The van der Waals surface area contributed by atoms with Crippen LogP contribution >= 0.6 is 0 Å². The van der Waals surface area contributed by atoms with E-state index in [-0.39, 0.29) is 17.7 Å². The molecule has 3 aromatic heterocycles. The molecule has 0 saturated heterocycles. The first-order chi connectivity index (χ1) is 15.4. The van der Waals surface area contributed by atoms with E-state index < -0.39 is 6.02 Å².